The normalized spacial score (nSPS) is 11.2. The maximum absolute atomic E-state index is 13.0. The molecule has 2 heterocycles. The summed E-state index contributed by atoms with van der Waals surface area (Å²) in [6.07, 6.45) is 2.90. The zero-order valence-electron chi connectivity index (χ0n) is 17.7. The van der Waals surface area contributed by atoms with Crippen molar-refractivity contribution in [3.63, 3.8) is 0 Å². The summed E-state index contributed by atoms with van der Waals surface area (Å²) in [5.41, 5.74) is 3.94. The number of rotatable bonds is 4. The molecule has 5 aromatic rings. The Morgan fingerprint density at radius 1 is 0.969 bits per heavy atom. The standard InChI is InChI=1S/C25H21N5O2/c1-16-7-5-12-22(17(16)2)30-24-20(13-27-30)25(32)29(15-26-24)14-23(31)28-21-11-6-9-18-8-3-4-10-19(18)21/h3-13,15H,14H2,1-2H3,(H,28,31). The number of nitrogens with zero attached hydrogens (tertiary/aromatic N) is 4. The van der Waals surface area contributed by atoms with Crippen LogP contribution in [-0.2, 0) is 11.3 Å². The lowest BCUT2D eigenvalue weighted by atomic mass is 10.1. The van der Waals surface area contributed by atoms with Crippen LogP contribution in [-0.4, -0.2) is 25.2 Å². The number of aromatic nitrogens is 4. The second-order valence-electron chi connectivity index (χ2n) is 7.77. The first kappa shape index (κ1) is 19.7. The molecule has 5 rings (SSSR count). The Bertz CT molecular complexity index is 1540. The predicted octanol–water partition coefficient (Wildman–Crippen LogP) is 3.99. The van der Waals surface area contributed by atoms with E-state index in [0.29, 0.717) is 16.7 Å². The van der Waals surface area contributed by atoms with E-state index in [2.05, 4.69) is 15.4 Å². The van der Waals surface area contributed by atoms with Crippen molar-refractivity contribution in [1.82, 2.24) is 19.3 Å². The zero-order valence-corrected chi connectivity index (χ0v) is 17.7. The molecule has 1 amide bonds. The Balaban J connectivity index is 1.45. The number of carbonyl (C=O) groups is 1. The molecule has 0 radical (unpaired) electrons. The fraction of sp³-hybridized carbons (Fsp3) is 0.120. The highest BCUT2D eigenvalue weighted by Gasteiger charge is 2.15. The SMILES string of the molecule is Cc1cccc(-n2ncc3c(=O)n(CC(=O)Nc4cccc5ccccc45)cnc32)c1C. The average molecular weight is 423 g/mol. The Hall–Kier alpha value is -4.26. The molecular weight excluding hydrogens is 402 g/mol. The van der Waals surface area contributed by atoms with Crippen LogP contribution in [0.2, 0.25) is 0 Å². The third-order valence-corrected chi connectivity index (χ3v) is 5.74. The van der Waals surface area contributed by atoms with Gasteiger partial charge >= 0.3 is 0 Å². The quantitative estimate of drug-likeness (QED) is 0.474. The van der Waals surface area contributed by atoms with Crippen LogP contribution in [0.1, 0.15) is 11.1 Å². The van der Waals surface area contributed by atoms with Crippen molar-refractivity contribution < 1.29 is 4.79 Å². The van der Waals surface area contributed by atoms with E-state index in [4.69, 9.17) is 0 Å². The number of fused-ring (bicyclic) bond motifs is 2. The van der Waals surface area contributed by atoms with Gasteiger partial charge in [0.2, 0.25) is 5.91 Å². The topological polar surface area (TPSA) is 81.8 Å². The van der Waals surface area contributed by atoms with Crippen LogP contribution in [0.15, 0.2) is 78.0 Å². The van der Waals surface area contributed by atoms with Gasteiger partial charge in [-0.15, -0.1) is 0 Å². The molecule has 0 fully saturated rings. The van der Waals surface area contributed by atoms with Gasteiger partial charge in [0, 0.05) is 11.1 Å². The Labute approximate surface area is 183 Å². The van der Waals surface area contributed by atoms with Crippen molar-refractivity contribution in [2.45, 2.75) is 20.4 Å². The molecular formula is C25H21N5O2. The minimum atomic E-state index is -0.306. The molecule has 7 heteroatoms. The van der Waals surface area contributed by atoms with E-state index in [-0.39, 0.29) is 18.0 Å². The van der Waals surface area contributed by atoms with E-state index in [1.807, 2.05) is 74.5 Å². The van der Waals surface area contributed by atoms with E-state index < -0.39 is 0 Å². The lowest BCUT2D eigenvalue weighted by Crippen LogP contribution is -2.28. The van der Waals surface area contributed by atoms with E-state index >= 15 is 0 Å². The zero-order chi connectivity index (χ0) is 22.2. The maximum atomic E-state index is 13.0. The number of benzene rings is 3. The monoisotopic (exact) mass is 423 g/mol. The van der Waals surface area contributed by atoms with Crippen LogP contribution in [0.3, 0.4) is 0 Å². The molecule has 0 saturated heterocycles. The summed E-state index contributed by atoms with van der Waals surface area (Å²) in [5.74, 6) is -0.300. The highest BCUT2D eigenvalue weighted by molar-refractivity contribution is 6.02. The van der Waals surface area contributed by atoms with Gasteiger partial charge in [-0.2, -0.15) is 5.10 Å². The number of nitrogens with one attached hydrogen (secondary N) is 1. The van der Waals surface area contributed by atoms with Crippen molar-refractivity contribution >= 4 is 33.4 Å². The number of hydrogen-bond donors (Lipinski definition) is 1. The van der Waals surface area contributed by atoms with Crippen LogP contribution in [0, 0.1) is 13.8 Å². The molecule has 32 heavy (non-hydrogen) atoms. The smallest absolute Gasteiger partial charge is 0.264 e. The van der Waals surface area contributed by atoms with E-state index in [0.717, 1.165) is 27.6 Å². The van der Waals surface area contributed by atoms with E-state index in [1.54, 1.807) is 4.68 Å². The van der Waals surface area contributed by atoms with Gasteiger partial charge in [0.15, 0.2) is 5.65 Å². The van der Waals surface area contributed by atoms with Crippen LogP contribution in [0.25, 0.3) is 27.5 Å². The van der Waals surface area contributed by atoms with Gasteiger partial charge in [-0.05, 0) is 42.5 Å². The summed E-state index contributed by atoms with van der Waals surface area (Å²) >= 11 is 0. The van der Waals surface area contributed by atoms with E-state index in [1.165, 1.54) is 17.1 Å². The van der Waals surface area contributed by atoms with Gasteiger partial charge in [-0.25, -0.2) is 9.67 Å². The predicted molar refractivity (Wildman–Crippen MR) is 125 cm³/mol. The largest absolute Gasteiger partial charge is 0.324 e. The molecule has 0 aliphatic heterocycles. The number of carbonyl (C=O) groups excluding carboxylic acids is 1. The molecule has 0 aliphatic rings. The number of amides is 1. The van der Waals surface area contributed by atoms with Gasteiger partial charge < -0.3 is 5.32 Å². The van der Waals surface area contributed by atoms with Crippen LogP contribution >= 0.6 is 0 Å². The molecule has 0 unspecified atom stereocenters. The number of hydrogen-bond acceptors (Lipinski definition) is 4. The fourth-order valence-corrected chi connectivity index (χ4v) is 3.88. The van der Waals surface area contributed by atoms with Gasteiger partial charge in [-0.3, -0.25) is 14.2 Å². The molecule has 0 bridgehead atoms. The van der Waals surface area contributed by atoms with Gasteiger partial charge in [-0.1, -0.05) is 48.5 Å². The van der Waals surface area contributed by atoms with Gasteiger partial charge in [0.25, 0.3) is 5.56 Å². The lowest BCUT2D eigenvalue weighted by molar-refractivity contribution is -0.116. The van der Waals surface area contributed by atoms with Crippen molar-refractivity contribution in [1.29, 1.82) is 0 Å². The highest BCUT2D eigenvalue weighted by Crippen LogP contribution is 2.23. The molecule has 158 valence electrons. The minimum Gasteiger partial charge on any atom is -0.324 e. The summed E-state index contributed by atoms with van der Waals surface area (Å²) in [6.45, 7) is 3.90. The number of aryl methyl sites for hydroxylation is 1. The number of anilines is 1. The van der Waals surface area contributed by atoms with Crippen molar-refractivity contribution in [3.8, 4) is 5.69 Å². The molecule has 7 nitrogen and oxygen atoms in total. The minimum absolute atomic E-state index is 0.139. The van der Waals surface area contributed by atoms with Crippen molar-refractivity contribution in [2.24, 2.45) is 0 Å². The third-order valence-electron chi connectivity index (χ3n) is 5.74. The average Bonchev–Trinajstić information content (AvgIpc) is 3.22. The first-order valence-electron chi connectivity index (χ1n) is 10.3. The second kappa shape index (κ2) is 7.77. The molecule has 0 saturated carbocycles. The third kappa shape index (κ3) is 3.33. The summed E-state index contributed by atoms with van der Waals surface area (Å²) < 4.78 is 2.97. The van der Waals surface area contributed by atoms with Gasteiger partial charge in [0.1, 0.15) is 18.3 Å². The van der Waals surface area contributed by atoms with Crippen molar-refractivity contribution in [3.05, 3.63) is 94.7 Å². The summed E-state index contributed by atoms with van der Waals surface area (Å²) in [6, 6.07) is 19.5. The fourth-order valence-electron chi connectivity index (χ4n) is 3.88. The molecule has 0 aliphatic carbocycles. The highest BCUT2D eigenvalue weighted by atomic mass is 16.2. The Morgan fingerprint density at radius 3 is 2.62 bits per heavy atom. The molecule has 1 N–H and O–H groups in total. The summed E-state index contributed by atoms with van der Waals surface area (Å²) in [7, 11) is 0. The van der Waals surface area contributed by atoms with E-state index in [9.17, 15) is 9.59 Å². The van der Waals surface area contributed by atoms with Crippen LogP contribution < -0.4 is 10.9 Å². The first-order chi connectivity index (χ1) is 15.5. The Kier molecular flexibility index (Phi) is 4.78. The Morgan fingerprint density at radius 2 is 1.75 bits per heavy atom. The molecule has 0 spiro atoms. The maximum Gasteiger partial charge on any atom is 0.264 e. The molecule has 3 aromatic carbocycles. The second-order valence-corrected chi connectivity index (χ2v) is 7.77. The summed E-state index contributed by atoms with van der Waals surface area (Å²) in [4.78, 5) is 30.2. The molecule has 2 aromatic heterocycles. The van der Waals surface area contributed by atoms with Crippen LogP contribution in [0.5, 0.6) is 0 Å². The van der Waals surface area contributed by atoms with Crippen molar-refractivity contribution in [2.75, 3.05) is 5.32 Å². The first-order valence-corrected chi connectivity index (χ1v) is 10.3. The summed E-state index contributed by atoms with van der Waals surface area (Å²) in [5, 5.41) is 9.64. The van der Waals surface area contributed by atoms with Crippen LogP contribution in [0.4, 0.5) is 5.69 Å². The lowest BCUT2D eigenvalue weighted by Gasteiger charge is -2.11. The molecule has 0 atom stereocenters. The van der Waals surface area contributed by atoms with Gasteiger partial charge in [0.05, 0.1) is 11.9 Å².